The average molecular weight is 562 g/mol. The van der Waals surface area contributed by atoms with Gasteiger partial charge in [-0.2, -0.15) is 0 Å². The predicted molar refractivity (Wildman–Crippen MR) is 161 cm³/mol. The molecule has 1 aliphatic carbocycles. The van der Waals surface area contributed by atoms with Crippen molar-refractivity contribution in [3.05, 3.63) is 94.3 Å². The molecule has 0 atom stereocenters. The maximum absolute atomic E-state index is 12.8. The topological polar surface area (TPSA) is 114 Å². The molecule has 2 N–H and O–H groups in total. The van der Waals surface area contributed by atoms with Crippen molar-refractivity contribution in [1.29, 1.82) is 0 Å². The Balaban J connectivity index is 1.63. The number of rotatable bonds is 2. The van der Waals surface area contributed by atoms with E-state index < -0.39 is 16.8 Å². The van der Waals surface area contributed by atoms with Crippen molar-refractivity contribution < 1.29 is 23.8 Å². The Morgan fingerprint density at radius 1 is 0.857 bits per heavy atom. The first kappa shape index (κ1) is 27.2. The lowest BCUT2D eigenvalue weighted by Gasteiger charge is -2.34. The summed E-state index contributed by atoms with van der Waals surface area (Å²) in [7, 11) is 0. The lowest BCUT2D eigenvalue weighted by molar-refractivity contribution is 0.0696. The van der Waals surface area contributed by atoms with E-state index in [9.17, 15) is 14.7 Å². The van der Waals surface area contributed by atoms with Crippen LogP contribution < -0.4 is 15.4 Å². The number of nitrogens with one attached hydrogen (secondary N) is 1. The molecule has 0 saturated heterocycles. The van der Waals surface area contributed by atoms with Gasteiger partial charge in [0.15, 0.2) is 22.8 Å². The summed E-state index contributed by atoms with van der Waals surface area (Å²) in [5, 5.41) is 13.6. The Bertz CT molecular complexity index is 1940. The minimum absolute atomic E-state index is 0.138. The molecule has 0 bridgehead atoms. The Kier molecular flexibility index (Phi) is 6.18. The largest absolute Gasteiger partial charge is 0.478 e. The van der Waals surface area contributed by atoms with Gasteiger partial charge in [-0.15, -0.1) is 0 Å². The summed E-state index contributed by atoms with van der Waals surface area (Å²) < 4.78 is 13.2. The third-order valence-corrected chi connectivity index (χ3v) is 7.22. The number of aromatic nitrogens is 1. The summed E-state index contributed by atoms with van der Waals surface area (Å²) in [4.78, 5) is 33.8. The third-order valence-electron chi connectivity index (χ3n) is 7.22. The van der Waals surface area contributed by atoms with Crippen LogP contribution in [0.1, 0.15) is 73.4 Å². The fourth-order valence-electron chi connectivity index (χ4n) is 5.36. The van der Waals surface area contributed by atoms with Crippen LogP contribution in [0, 0.1) is 0 Å². The fourth-order valence-corrected chi connectivity index (χ4v) is 5.36. The number of amides is 1. The van der Waals surface area contributed by atoms with Crippen molar-refractivity contribution >= 4 is 34.4 Å². The number of carbonyl (C=O) groups excluding carboxylic acids is 1. The molecule has 3 aromatic rings. The van der Waals surface area contributed by atoms with Gasteiger partial charge >= 0.3 is 5.97 Å². The maximum Gasteiger partial charge on any atom is 0.335 e. The van der Waals surface area contributed by atoms with E-state index >= 15 is 0 Å². The number of fused-ring (bicyclic) bond motifs is 4. The van der Waals surface area contributed by atoms with Crippen LogP contribution >= 0.6 is 0 Å². The number of hydrogen-bond donors (Lipinski definition) is 2. The van der Waals surface area contributed by atoms with Crippen molar-refractivity contribution in [3.8, 4) is 23.0 Å². The molecule has 0 saturated carbocycles. The minimum Gasteiger partial charge on any atom is -0.478 e. The quantitative estimate of drug-likeness (QED) is 0.207. The van der Waals surface area contributed by atoms with E-state index in [1.165, 1.54) is 6.07 Å². The summed E-state index contributed by atoms with van der Waals surface area (Å²) in [5.74, 6) is 0.157. The minimum atomic E-state index is -1.03. The van der Waals surface area contributed by atoms with Crippen LogP contribution in [0.5, 0.6) is 11.5 Å². The zero-order valence-electron chi connectivity index (χ0n) is 24.3. The molecule has 3 aliphatic rings. The number of nitrogens with zero attached hydrogens (tertiary/aromatic N) is 2. The number of anilines is 2. The van der Waals surface area contributed by atoms with Crippen molar-refractivity contribution in [2.45, 2.75) is 52.4 Å². The highest BCUT2D eigenvalue weighted by molar-refractivity contribution is 5.98. The highest BCUT2D eigenvalue weighted by atomic mass is 16.5. The zero-order chi connectivity index (χ0) is 30.0. The van der Waals surface area contributed by atoms with Gasteiger partial charge in [0.2, 0.25) is 0 Å². The highest BCUT2D eigenvalue weighted by Gasteiger charge is 2.37. The van der Waals surface area contributed by atoms with Gasteiger partial charge in [-0.1, -0.05) is 59.7 Å². The second-order valence-corrected chi connectivity index (χ2v) is 12.5. The van der Waals surface area contributed by atoms with Gasteiger partial charge in [0.05, 0.1) is 22.3 Å². The standard InChI is InChI=1S/C34H31N3O5/c1-33(2,3)25-28-30(42-24-17-20(13-15-22(24)37-28)35-31(38)18-10-8-7-9-11-18)26(34(4,5)6)27-29(25)41-23-16-19(32(39)40)12-14-21(23)36-27/h7-17,36H,1-6H3,(H,39,40). The molecular weight excluding hydrogens is 530 g/mol. The number of benzene rings is 4. The number of aromatic carboxylic acids is 1. The van der Waals surface area contributed by atoms with Crippen LogP contribution in [0.3, 0.4) is 0 Å². The van der Waals surface area contributed by atoms with E-state index in [2.05, 4.69) is 51.9 Å². The normalized spacial score (nSPS) is 13.3. The smallest absolute Gasteiger partial charge is 0.335 e. The van der Waals surface area contributed by atoms with Crippen LogP contribution in [-0.4, -0.2) is 22.0 Å². The molecule has 212 valence electrons. The van der Waals surface area contributed by atoms with Crippen LogP contribution in [0.4, 0.5) is 11.4 Å². The van der Waals surface area contributed by atoms with Gasteiger partial charge in [0.25, 0.3) is 5.91 Å². The Hall–Kier alpha value is -4.98. The number of carboxylic acid groups (broad SMARTS) is 1. The average Bonchev–Trinajstić information content (AvgIpc) is 2.92. The lowest BCUT2D eigenvalue weighted by Crippen LogP contribution is -2.22. The first-order valence-electron chi connectivity index (χ1n) is 13.7. The molecule has 8 nitrogen and oxygen atoms in total. The van der Waals surface area contributed by atoms with Gasteiger partial charge < -0.3 is 19.6 Å². The molecule has 2 aliphatic heterocycles. The summed E-state index contributed by atoms with van der Waals surface area (Å²) >= 11 is 0. The molecule has 2 heterocycles. The van der Waals surface area contributed by atoms with Gasteiger partial charge in [-0.25, -0.2) is 14.8 Å². The number of carboxylic acids is 1. The van der Waals surface area contributed by atoms with Gasteiger partial charge in [-0.05, 0) is 53.3 Å². The summed E-state index contributed by atoms with van der Waals surface area (Å²) in [6, 6.07) is 19.0. The van der Waals surface area contributed by atoms with E-state index in [0.29, 0.717) is 50.7 Å². The molecule has 0 aromatic heterocycles. The van der Waals surface area contributed by atoms with E-state index in [4.69, 9.17) is 14.1 Å². The van der Waals surface area contributed by atoms with Crippen molar-refractivity contribution in [2.75, 3.05) is 5.32 Å². The molecule has 8 heteroatoms. The molecule has 6 rings (SSSR count). The SMILES string of the molecule is CC(C)(C)c1c2c(c(C(C)(C)C)c3oc4cc(=NC(=O)c5ccccc5)ccc-4nc13)Nc1ccc(C(=O)O)cc1O2. The van der Waals surface area contributed by atoms with E-state index in [1.54, 1.807) is 54.6 Å². The first-order chi connectivity index (χ1) is 19.8. The second-order valence-electron chi connectivity index (χ2n) is 12.5. The Morgan fingerprint density at radius 2 is 1.57 bits per heavy atom. The number of hydrogen-bond acceptors (Lipinski definition) is 6. The maximum atomic E-state index is 12.8. The lowest BCUT2D eigenvalue weighted by atomic mass is 9.78. The molecule has 0 spiro atoms. The Morgan fingerprint density at radius 3 is 2.24 bits per heavy atom. The Labute approximate surface area is 243 Å². The fraction of sp³-hybridized carbons (Fsp3) is 0.235. The van der Waals surface area contributed by atoms with E-state index in [1.807, 2.05) is 6.07 Å². The predicted octanol–water partition coefficient (Wildman–Crippen LogP) is 7.82. The van der Waals surface area contributed by atoms with Gasteiger partial charge in [-0.3, -0.25) is 4.79 Å². The zero-order valence-corrected chi connectivity index (χ0v) is 24.3. The summed E-state index contributed by atoms with van der Waals surface area (Å²) in [5.41, 5.74) is 4.79. The number of ether oxygens (including phenoxy) is 1. The number of carbonyl (C=O) groups is 2. The first-order valence-corrected chi connectivity index (χ1v) is 13.7. The van der Waals surface area contributed by atoms with Gasteiger partial charge in [0, 0.05) is 22.8 Å². The molecule has 0 unspecified atom stereocenters. The summed E-state index contributed by atoms with van der Waals surface area (Å²) in [6.07, 6.45) is 0. The molecular formula is C34H31N3O5. The van der Waals surface area contributed by atoms with Crippen LogP contribution in [0.25, 0.3) is 22.6 Å². The van der Waals surface area contributed by atoms with Crippen LogP contribution in [0.2, 0.25) is 0 Å². The summed E-state index contributed by atoms with van der Waals surface area (Å²) in [6.45, 7) is 12.5. The van der Waals surface area contributed by atoms with Crippen molar-refractivity contribution in [2.24, 2.45) is 4.99 Å². The van der Waals surface area contributed by atoms with E-state index in [0.717, 1.165) is 16.8 Å². The molecule has 3 aromatic carbocycles. The van der Waals surface area contributed by atoms with Crippen molar-refractivity contribution in [1.82, 2.24) is 4.98 Å². The van der Waals surface area contributed by atoms with E-state index in [-0.39, 0.29) is 11.5 Å². The molecule has 42 heavy (non-hydrogen) atoms. The highest BCUT2D eigenvalue weighted by Crippen LogP contribution is 2.54. The second kappa shape index (κ2) is 9.55. The van der Waals surface area contributed by atoms with Crippen molar-refractivity contribution in [3.63, 3.8) is 0 Å². The molecule has 0 fully saturated rings. The van der Waals surface area contributed by atoms with Crippen LogP contribution in [-0.2, 0) is 10.8 Å². The molecule has 0 radical (unpaired) electrons. The van der Waals surface area contributed by atoms with Gasteiger partial charge in [0.1, 0.15) is 11.2 Å². The molecule has 1 amide bonds. The monoisotopic (exact) mass is 561 g/mol. The third kappa shape index (κ3) is 4.68. The van der Waals surface area contributed by atoms with Crippen LogP contribution in [0.15, 0.2) is 76.1 Å².